The minimum Gasteiger partial charge on any atom is -0.398 e. The molecule has 4 nitrogen and oxygen atoms in total. The van der Waals surface area contributed by atoms with Gasteiger partial charge in [0.15, 0.2) is 0 Å². The highest BCUT2D eigenvalue weighted by atomic mass is 15.3. The Morgan fingerprint density at radius 1 is 1.11 bits per heavy atom. The fraction of sp³-hybridized carbons (Fsp3) is 0.143. The van der Waals surface area contributed by atoms with Gasteiger partial charge < -0.3 is 11.2 Å². The lowest BCUT2D eigenvalue weighted by Gasteiger charge is -2.09. The number of anilines is 1. The van der Waals surface area contributed by atoms with Crippen LogP contribution in [0.1, 0.15) is 23.6 Å². The van der Waals surface area contributed by atoms with E-state index in [1.165, 1.54) is 5.56 Å². The Kier molecular flexibility index (Phi) is 2.68. The van der Waals surface area contributed by atoms with Crippen LogP contribution in [0.5, 0.6) is 0 Å². The maximum Gasteiger partial charge on any atom is 0.0746 e. The fourth-order valence-electron chi connectivity index (χ4n) is 2.16. The summed E-state index contributed by atoms with van der Waals surface area (Å²) in [7, 11) is 0. The first-order valence-corrected chi connectivity index (χ1v) is 5.91. The van der Waals surface area contributed by atoms with E-state index in [1.807, 2.05) is 36.4 Å². The quantitative estimate of drug-likeness (QED) is 0.787. The second-order valence-electron chi connectivity index (χ2n) is 4.31. The van der Waals surface area contributed by atoms with Gasteiger partial charge in [0.2, 0.25) is 0 Å². The molecule has 18 heavy (non-hydrogen) atoms. The number of nitrogens with two attached hydrogens (primary N) is 1. The fourth-order valence-corrected chi connectivity index (χ4v) is 2.16. The lowest BCUT2D eigenvalue weighted by atomic mass is 9.99. The molecule has 1 aromatic heterocycles. The summed E-state index contributed by atoms with van der Waals surface area (Å²) in [4.78, 5) is 4.02. The largest absolute Gasteiger partial charge is 0.398 e. The first kappa shape index (κ1) is 10.8. The topological polar surface area (TPSA) is 63.3 Å². The Bertz CT molecular complexity index is 577. The number of hydrogen-bond donors (Lipinski definition) is 2. The Balaban J connectivity index is 1.82. The molecule has 0 saturated heterocycles. The molecule has 3 rings (SSSR count). The van der Waals surface area contributed by atoms with Gasteiger partial charge in [-0.3, -0.25) is 4.98 Å². The number of benzene rings is 1. The molecule has 0 bridgehead atoms. The number of nitrogens with one attached hydrogen (secondary N) is 1. The SMILES string of the molecule is Nc1ccccc1C1=NNC(c2ccncc2)C1. The van der Waals surface area contributed by atoms with Gasteiger partial charge in [-0.25, -0.2) is 0 Å². The van der Waals surface area contributed by atoms with Crippen LogP contribution < -0.4 is 11.2 Å². The third-order valence-electron chi connectivity index (χ3n) is 3.13. The summed E-state index contributed by atoms with van der Waals surface area (Å²) >= 11 is 0. The first-order chi connectivity index (χ1) is 8.84. The third kappa shape index (κ3) is 1.93. The predicted octanol–water partition coefficient (Wildman–Crippen LogP) is 2.10. The Hall–Kier alpha value is -2.36. The molecule has 1 unspecified atom stereocenters. The van der Waals surface area contributed by atoms with Crippen LogP contribution >= 0.6 is 0 Å². The van der Waals surface area contributed by atoms with Crippen molar-refractivity contribution in [2.45, 2.75) is 12.5 Å². The zero-order chi connectivity index (χ0) is 12.4. The lowest BCUT2D eigenvalue weighted by molar-refractivity contribution is 0.619. The molecule has 0 amide bonds. The monoisotopic (exact) mass is 238 g/mol. The molecule has 4 heteroatoms. The molecular formula is C14H14N4. The summed E-state index contributed by atoms with van der Waals surface area (Å²) in [6.45, 7) is 0. The summed E-state index contributed by atoms with van der Waals surface area (Å²) in [5.41, 5.74) is 13.1. The van der Waals surface area contributed by atoms with Gasteiger partial charge in [0.1, 0.15) is 0 Å². The van der Waals surface area contributed by atoms with Crippen molar-refractivity contribution in [1.82, 2.24) is 10.4 Å². The van der Waals surface area contributed by atoms with Crippen molar-refractivity contribution in [3.63, 3.8) is 0 Å². The Morgan fingerprint density at radius 2 is 1.89 bits per heavy atom. The lowest BCUT2D eigenvalue weighted by Crippen LogP contribution is -2.10. The summed E-state index contributed by atoms with van der Waals surface area (Å²) in [6.07, 6.45) is 4.44. The van der Waals surface area contributed by atoms with Crippen molar-refractivity contribution in [3.05, 3.63) is 59.9 Å². The Morgan fingerprint density at radius 3 is 2.67 bits per heavy atom. The number of rotatable bonds is 2. The number of aromatic nitrogens is 1. The van der Waals surface area contributed by atoms with Gasteiger partial charge in [0.05, 0.1) is 11.8 Å². The van der Waals surface area contributed by atoms with Gasteiger partial charge in [-0.1, -0.05) is 18.2 Å². The zero-order valence-electron chi connectivity index (χ0n) is 9.88. The van der Waals surface area contributed by atoms with Gasteiger partial charge in [-0.2, -0.15) is 5.10 Å². The summed E-state index contributed by atoms with van der Waals surface area (Å²) in [5, 5.41) is 4.39. The van der Waals surface area contributed by atoms with Gasteiger partial charge in [0.25, 0.3) is 0 Å². The van der Waals surface area contributed by atoms with Crippen molar-refractivity contribution >= 4 is 11.4 Å². The number of hydrogen-bond acceptors (Lipinski definition) is 4. The summed E-state index contributed by atoms with van der Waals surface area (Å²) < 4.78 is 0. The van der Waals surface area contributed by atoms with Crippen molar-refractivity contribution in [3.8, 4) is 0 Å². The van der Waals surface area contributed by atoms with Crippen LogP contribution in [0.3, 0.4) is 0 Å². The van der Waals surface area contributed by atoms with Crippen LogP contribution in [-0.2, 0) is 0 Å². The average Bonchev–Trinajstić information content (AvgIpc) is 2.90. The second kappa shape index (κ2) is 4.49. The third-order valence-corrected chi connectivity index (χ3v) is 3.13. The molecule has 3 N–H and O–H groups in total. The first-order valence-electron chi connectivity index (χ1n) is 5.91. The second-order valence-corrected chi connectivity index (χ2v) is 4.31. The van der Waals surface area contributed by atoms with E-state index in [9.17, 15) is 0 Å². The molecule has 1 aromatic carbocycles. The molecule has 0 aliphatic carbocycles. The van der Waals surface area contributed by atoms with E-state index in [2.05, 4.69) is 15.5 Å². The molecule has 1 aliphatic rings. The number of pyridine rings is 1. The van der Waals surface area contributed by atoms with E-state index in [0.717, 1.165) is 23.4 Å². The minimum absolute atomic E-state index is 0.211. The van der Waals surface area contributed by atoms with E-state index in [-0.39, 0.29) is 6.04 Å². The van der Waals surface area contributed by atoms with Crippen LogP contribution in [0.2, 0.25) is 0 Å². The summed E-state index contributed by atoms with van der Waals surface area (Å²) in [6, 6.07) is 12.0. The van der Waals surface area contributed by atoms with Crippen molar-refractivity contribution in [2.24, 2.45) is 5.10 Å². The smallest absolute Gasteiger partial charge is 0.0746 e. The maximum absolute atomic E-state index is 5.97. The summed E-state index contributed by atoms with van der Waals surface area (Å²) in [5.74, 6) is 0. The van der Waals surface area contributed by atoms with Gasteiger partial charge in [-0.05, 0) is 23.8 Å². The average molecular weight is 238 g/mol. The van der Waals surface area contributed by atoms with E-state index in [1.54, 1.807) is 12.4 Å². The van der Waals surface area contributed by atoms with Crippen molar-refractivity contribution < 1.29 is 0 Å². The van der Waals surface area contributed by atoms with E-state index in [4.69, 9.17) is 5.73 Å². The zero-order valence-corrected chi connectivity index (χ0v) is 9.88. The highest BCUT2D eigenvalue weighted by Gasteiger charge is 2.21. The maximum atomic E-state index is 5.97. The van der Waals surface area contributed by atoms with Crippen LogP contribution in [0.4, 0.5) is 5.69 Å². The highest BCUT2D eigenvalue weighted by Crippen LogP contribution is 2.25. The number of para-hydroxylation sites is 1. The van der Waals surface area contributed by atoms with Crippen LogP contribution in [-0.4, -0.2) is 10.7 Å². The standard InChI is InChI=1S/C14H14N4/c15-12-4-2-1-3-11(12)14-9-13(17-18-14)10-5-7-16-8-6-10/h1-8,13,17H,9,15H2. The normalized spacial score (nSPS) is 18.2. The van der Waals surface area contributed by atoms with Crippen LogP contribution in [0.15, 0.2) is 53.9 Å². The van der Waals surface area contributed by atoms with Gasteiger partial charge in [-0.15, -0.1) is 0 Å². The minimum atomic E-state index is 0.211. The van der Waals surface area contributed by atoms with Crippen molar-refractivity contribution in [1.29, 1.82) is 0 Å². The van der Waals surface area contributed by atoms with E-state index >= 15 is 0 Å². The molecule has 0 fully saturated rings. The molecule has 2 aromatic rings. The van der Waals surface area contributed by atoms with Gasteiger partial charge in [0, 0.05) is 30.1 Å². The van der Waals surface area contributed by atoms with E-state index in [0.29, 0.717) is 0 Å². The van der Waals surface area contributed by atoms with Crippen LogP contribution in [0, 0.1) is 0 Å². The van der Waals surface area contributed by atoms with E-state index < -0.39 is 0 Å². The molecule has 1 atom stereocenters. The molecule has 2 heterocycles. The highest BCUT2D eigenvalue weighted by molar-refractivity contribution is 6.05. The Labute approximate surface area is 106 Å². The molecular weight excluding hydrogens is 224 g/mol. The number of hydrazone groups is 1. The molecule has 0 radical (unpaired) electrons. The number of nitrogens with zero attached hydrogens (tertiary/aromatic N) is 2. The number of nitrogen functional groups attached to an aromatic ring is 1. The van der Waals surface area contributed by atoms with Crippen molar-refractivity contribution in [2.75, 3.05) is 5.73 Å². The van der Waals surface area contributed by atoms with Gasteiger partial charge >= 0.3 is 0 Å². The van der Waals surface area contributed by atoms with Crippen LogP contribution in [0.25, 0.3) is 0 Å². The molecule has 90 valence electrons. The predicted molar refractivity (Wildman–Crippen MR) is 72.1 cm³/mol. The molecule has 0 saturated carbocycles. The molecule has 1 aliphatic heterocycles. The molecule has 0 spiro atoms.